The van der Waals surface area contributed by atoms with Crippen LogP contribution >= 0.6 is 0 Å². The van der Waals surface area contributed by atoms with Crippen LogP contribution in [0.5, 0.6) is 5.75 Å². The van der Waals surface area contributed by atoms with Crippen molar-refractivity contribution < 1.29 is 14.5 Å². The van der Waals surface area contributed by atoms with Crippen LogP contribution in [0.1, 0.15) is 24.2 Å². The number of hydrogen-bond donors (Lipinski definition) is 1. The Morgan fingerprint density at radius 2 is 2.00 bits per heavy atom. The van der Waals surface area contributed by atoms with Crippen LogP contribution in [0.15, 0.2) is 18.2 Å². The second-order valence-corrected chi connectivity index (χ2v) is 5.21. The standard InChI is InChI=1S/C14H19N3O4/c1-9-7-15-8-10(2)16(9)14(18)11-4-5-13(21-3)12(6-11)17(19)20/h4-6,9-10,15H,7-8H2,1-3H3. The summed E-state index contributed by atoms with van der Waals surface area (Å²) in [5, 5.41) is 14.3. The fraction of sp³-hybridized carbons (Fsp3) is 0.500. The van der Waals surface area contributed by atoms with Gasteiger partial charge < -0.3 is 15.0 Å². The highest BCUT2D eigenvalue weighted by Gasteiger charge is 2.30. The lowest BCUT2D eigenvalue weighted by Gasteiger charge is -2.39. The Hall–Kier alpha value is -2.15. The van der Waals surface area contributed by atoms with E-state index in [1.54, 1.807) is 11.0 Å². The molecule has 0 radical (unpaired) electrons. The van der Waals surface area contributed by atoms with Gasteiger partial charge in [-0.3, -0.25) is 14.9 Å². The van der Waals surface area contributed by atoms with Crippen molar-refractivity contribution in [1.82, 2.24) is 10.2 Å². The Labute approximate surface area is 123 Å². The third-order valence-corrected chi connectivity index (χ3v) is 3.69. The minimum Gasteiger partial charge on any atom is -0.490 e. The first-order valence-electron chi connectivity index (χ1n) is 6.81. The molecule has 2 rings (SSSR count). The summed E-state index contributed by atoms with van der Waals surface area (Å²) in [5.74, 6) is -0.0415. The molecule has 7 heteroatoms. The van der Waals surface area contributed by atoms with Gasteiger partial charge in [0.05, 0.1) is 12.0 Å². The number of rotatable bonds is 3. The largest absolute Gasteiger partial charge is 0.490 e. The third kappa shape index (κ3) is 2.97. The summed E-state index contributed by atoms with van der Waals surface area (Å²) in [6.45, 7) is 5.35. The molecule has 1 amide bonds. The molecular formula is C14H19N3O4. The molecule has 2 atom stereocenters. The van der Waals surface area contributed by atoms with E-state index >= 15 is 0 Å². The van der Waals surface area contributed by atoms with Crippen molar-refractivity contribution in [3.63, 3.8) is 0 Å². The van der Waals surface area contributed by atoms with Crippen LogP contribution in [0.3, 0.4) is 0 Å². The van der Waals surface area contributed by atoms with Gasteiger partial charge in [-0.2, -0.15) is 0 Å². The fourth-order valence-corrected chi connectivity index (χ4v) is 2.65. The summed E-state index contributed by atoms with van der Waals surface area (Å²) in [7, 11) is 1.37. The molecule has 1 saturated heterocycles. The Balaban J connectivity index is 2.34. The Kier molecular flexibility index (Phi) is 4.42. The lowest BCUT2D eigenvalue weighted by Crippen LogP contribution is -2.57. The van der Waals surface area contributed by atoms with E-state index in [4.69, 9.17) is 4.74 Å². The van der Waals surface area contributed by atoms with Gasteiger partial charge in [0, 0.05) is 36.8 Å². The number of nitro groups is 1. The molecule has 0 spiro atoms. The topological polar surface area (TPSA) is 84.7 Å². The minimum atomic E-state index is -0.541. The molecule has 1 fully saturated rings. The number of carbonyl (C=O) groups excluding carboxylic acids is 1. The molecule has 21 heavy (non-hydrogen) atoms. The summed E-state index contributed by atoms with van der Waals surface area (Å²) in [4.78, 5) is 24.9. The van der Waals surface area contributed by atoms with E-state index < -0.39 is 4.92 Å². The van der Waals surface area contributed by atoms with Crippen LogP contribution in [0, 0.1) is 10.1 Å². The second-order valence-electron chi connectivity index (χ2n) is 5.21. The quantitative estimate of drug-likeness (QED) is 0.673. The van der Waals surface area contributed by atoms with Gasteiger partial charge in [0.15, 0.2) is 5.75 Å². The van der Waals surface area contributed by atoms with Crippen molar-refractivity contribution in [3.05, 3.63) is 33.9 Å². The minimum absolute atomic E-state index is 0.0439. The maximum Gasteiger partial charge on any atom is 0.311 e. The smallest absolute Gasteiger partial charge is 0.311 e. The Morgan fingerprint density at radius 3 is 2.52 bits per heavy atom. The fourth-order valence-electron chi connectivity index (χ4n) is 2.65. The predicted octanol–water partition coefficient (Wildman–Crippen LogP) is 1.43. The first kappa shape index (κ1) is 15.2. The monoisotopic (exact) mass is 293 g/mol. The molecular weight excluding hydrogens is 274 g/mol. The highest BCUT2D eigenvalue weighted by molar-refractivity contribution is 5.95. The molecule has 1 heterocycles. The van der Waals surface area contributed by atoms with Gasteiger partial charge in [-0.1, -0.05) is 0 Å². The van der Waals surface area contributed by atoms with Gasteiger partial charge in [-0.05, 0) is 26.0 Å². The van der Waals surface area contributed by atoms with E-state index in [9.17, 15) is 14.9 Å². The molecule has 1 aliphatic rings. The number of nitro benzene ring substituents is 1. The number of nitrogens with zero attached hydrogens (tertiary/aromatic N) is 2. The zero-order valence-electron chi connectivity index (χ0n) is 12.3. The van der Waals surface area contributed by atoms with E-state index in [0.29, 0.717) is 18.7 Å². The second kappa shape index (κ2) is 6.09. The normalized spacial score (nSPS) is 22.0. The number of methoxy groups -OCH3 is 1. The summed E-state index contributed by atoms with van der Waals surface area (Å²) in [6, 6.07) is 4.39. The summed E-state index contributed by atoms with van der Waals surface area (Å²) in [5.41, 5.74) is 0.113. The van der Waals surface area contributed by atoms with Crippen molar-refractivity contribution in [1.29, 1.82) is 0 Å². The van der Waals surface area contributed by atoms with Crippen molar-refractivity contribution in [2.45, 2.75) is 25.9 Å². The number of nitrogens with one attached hydrogen (secondary N) is 1. The van der Waals surface area contributed by atoms with Gasteiger partial charge in [0.2, 0.25) is 0 Å². The number of ether oxygens (including phenoxy) is 1. The highest BCUT2D eigenvalue weighted by atomic mass is 16.6. The van der Waals surface area contributed by atoms with E-state index in [0.717, 1.165) is 0 Å². The molecule has 1 N–H and O–H groups in total. The van der Waals surface area contributed by atoms with E-state index in [1.807, 2.05) is 13.8 Å². The van der Waals surface area contributed by atoms with Gasteiger partial charge in [-0.15, -0.1) is 0 Å². The maximum atomic E-state index is 12.6. The van der Waals surface area contributed by atoms with Crippen molar-refractivity contribution in [2.75, 3.05) is 20.2 Å². The average Bonchev–Trinajstić information content (AvgIpc) is 2.46. The maximum absolute atomic E-state index is 12.6. The van der Waals surface area contributed by atoms with Gasteiger partial charge in [0.25, 0.3) is 5.91 Å². The summed E-state index contributed by atoms with van der Waals surface area (Å²) < 4.78 is 4.95. The van der Waals surface area contributed by atoms with Crippen LogP contribution in [0.25, 0.3) is 0 Å². The molecule has 0 bridgehead atoms. The SMILES string of the molecule is COc1ccc(C(=O)N2C(C)CNCC2C)cc1[N+](=O)[O-]. The summed E-state index contributed by atoms with van der Waals surface area (Å²) in [6.07, 6.45) is 0. The molecule has 2 unspecified atom stereocenters. The molecule has 114 valence electrons. The van der Waals surface area contributed by atoms with Gasteiger partial charge in [-0.25, -0.2) is 0 Å². The molecule has 7 nitrogen and oxygen atoms in total. The van der Waals surface area contributed by atoms with Crippen LogP contribution in [-0.2, 0) is 0 Å². The molecule has 1 aromatic carbocycles. The lowest BCUT2D eigenvalue weighted by molar-refractivity contribution is -0.385. The average molecular weight is 293 g/mol. The Morgan fingerprint density at radius 1 is 1.38 bits per heavy atom. The lowest BCUT2D eigenvalue weighted by atomic mass is 10.1. The number of amides is 1. The van der Waals surface area contributed by atoms with E-state index in [1.165, 1.54) is 19.2 Å². The molecule has 1 aliphatic heterocycles. The van der Waals surface area contributed by atoms with Crippen LogP contribution < -0.4 is 10.1 Å². The number of carbonyl (C=O) groups is 1. The van der Waals surface area contributed by atoms with E-state index in [-0.39, 0.29) is 29.4 Å². The van der Waals surface area contributed by atoms with Crippen molar-refractivity contribution in [3.8, 4) is 5.75 Å². The highest BCUT2D eigenvalue weighted by Crippen LogP contribution is 2.28. The molecule has 0 aliphatic carbocycles. The van der Waals surface area contributed by atoms with Crippen molar-refractivity contribution in [2.24, 2.45) is 0 Å². The predicted molar refractivity (Wildman–Crippen MR) is 77.6 cm³/mol. The first-order valence-corrected chi connectivity index (χ1v) is 6.81. The van der Waals surface area contributed by atoms with E-state index in [2.05, 4.69) is 5.32 Å². The zero-order valence-corrected chi connectivity index (χ0v) is 12.3. The zero-order chi connectivity index (χ0) is 15.6. The Bertz CT molecular complexity index is 551. The number of piperazine rings is 1. The summed E-state index contributed by atoms with van der Waals surface area (Å²) >= 11 is 0. The third-order valence-electron chi connectivity index (χ3n) is 3.69. The van der Waals surface area contributed by atoms with Crippen LogP contribution in [-0.4, -0.2) is 48.0 Å². The first-order chi connectivity index (χ1) is 9.95. The van der Waals surface area contributed by atoms with Crippen LogP contribution in [0.4, 0.5) is 5.69 Å². The molecule has 0 aromatic heterocycles. The number of hydrogen-bond acceptors (Lipinski definition) is 5. The molecule has 1 aromatic rings. The van der Waals surface area contributed by atoms with Gasteiger partial charge >= 0.3 is 5.69 Å². The van der Waals surface area contributed by atoms with Crippen molar-refractivity contribution >= 4 is 11.6 Å². The molecule has 0 saturated carbocycles. The van der Waals surface area contributed by atoms with Crippen LogP contribution in [0.2, 0.25) is 0 Å². The van der Waals surface area contributed by atoms with Gasteiger partial charge in [0.1, 0.15) is 0 Å². The number of benzene rings is 1.